The summed E-state index contributed by atoms with van der Waals surface area (Å²) >= 11 is 5.65. The van der Waals surface area contributed by atoms with Crippen LogP contribution in [0.5, 0.6) is 0 Å². The Labute approximate surface area is 78.8 Å². The smallest absolute Gasteiger partial charge is 0.0707 e. The molecule has 0 radical (unpaired) electrons. The van der Waals surface area contributed by atoms with Crippen molar-refractivity contribution >= 4 is 11.6 Å². The second kappa shape index (κ2) is 3.95. The lowest BCUT2D eigenvalue weighted by molar-refractivity contribution is -0.0379. The van der Waals surface area contributed by atoms with E-state index in [-0.39, 0.29) is 0 Å². The van der Waals surface area contributed by atoms with Gasteiger partial charge in [-0.25, -0.2) is 0 Å². The Balaban J connectivity index is 1.78. The van der Waals surface area contributed by atoms with Crippen molar-refractivity contribution in [3.05, 3.63) is 0 Å². The first-order chi connectivity index (χ1) is 5.88. The van der Waals surface area contributed by atoms with Crippen LogP contribution in [0.3, 0.4) is 0 Å². The first-order valence-electron chi connectivity index (χ1n) is 4.82. The third kappa shape index (κ3) is 1.93. The molecule has 0 aromatic carbocycles. The van der Waals surface area contributed by atoms with E-state index in [0.29, 0.717) is 12.2 Å². The third-order valence-corrected chi connectivity index (χ3v) is 2.99. The van der Waals surface area contributed by atoms with Crippen molar-refractivity contribution in [3.63, 3.8) is 0 Å². The Hall–Kier alpha value is 0.210. The molecule has 2 unspecified atom stereocenters. The van der Waals surface area contributed by atoms with Crippen molar-refractivity contribution in [2.75, 3.05) is 25.5 Å². The molecule has 2 bridgehead atoms. The van der Waals surface area contributed by atoms with Crippen molar-refractivity contribution in [1.29, 1.82) is 0 Å². The van der Waals surface area contributed by atoms with E-state index in [2.05, 4.69) is 4.90 Å². The number of likely N-dealkylation sites (tertiary alicyclic amines) is 1. The van der Waals surface area contributed by atoms with Crippen LogP contribution in [0.25, 0.3) is 0 Å². The minimum absolute atomic E-state index is 0.527. The van der Waals surface area contributed by atoms with Crippen LogP contribution >= 0.6 is 11.6 Å². The largest absolute Gasteiger partial charge is 0.372 e. The highest BCUT2D eigenvalue weighted by atomic mass is 35.5. The molecule has 0 N–H and O–H groups in total. The average molecular weight is 190 g/mol. The molecule has 2 nitrogen and oxygen atoms in total. The van der Waals surface area contributed by atoms with Gasteiger partial charge >= 0.3 is 0 Å². The molecular formula is C9H16ClNO. The van der Waals surface area contributed by atoms with Crippen molar-refractivity contribution in [1.82, 2.24) is 4.90 Å². The van der Waals surface area contributed by atoms with Gasteiger partial charge in [-0.1, -0.05) is 0 Å². The molecule has 2 aliphatic rings. The standard InChI is InChI=1S/C9H16ClNO/c10-4-1-5-11-6-8-2-3-9(7-11)12-8/h8-9H,1-7H2. The number of morpholine rings is 1. The van der Waals surface area contributed by atoms with E-state index in [4.69, 9.17) is 16.3 Å². The fourth-order valence-corrected chi connectivity index (χ4v) is 2.28. The molecule has 2 aliphatic heterocycles. The highest BCUT2D eigenvalue weighted by Crippen LogP contribution is 2.25. The summed E-state index contributed by atoms with van der Waals surface area (Å²) in [6.07, 6.45) is 4.70. The van der Waals surface area contributed by atoms with Crippen molar-refractivity contribution in [3.8, 4) is 0 Å². The SMILES string of the molecule is ClCCCN1CC2CCC(C1)O2. The van der Waals surface area contributed by atoms with Gasteiger partial charge in [0.05, 0.1) is 12.2 Å². The molecular weight excluding hydrogens is 174 g/mol. The second-order valence-corrected chi connectivity index (χ2v) is 4.14. The van der Waals surface area contributed by atoms with Crippen LogP contribution in [-0.2, 0) is 4.74 Å². The van der Waals surface area contributed by atoms with E-state index >= 15 is 0 Å². The van der Waals surface area contributed by atoms with Crippen molar-refractivity contribution in [2.45, 2.75) is 31.5 Å². The van der Waals surface area contributed by atoms with Crippen LogP contribution in [0.4, 0.5) is 0 Å². The molecule has 12 heavy (non-hydrogen) atoms. The lowest BCUT2D eigenvalue weighted by Gasteiger charge is -2.31. The van der Waals surface area contributed by atoms with E-state index < -0.39 is 0 Å². The monoisotopic (exact) mass is 189 g/mol. The fraction of sp³-hybridized carbons (Fsp3) is 1.00. The molecule has 3 heteroatoms. The summed E-state index contributed by atoms with van der Waals surface area (Å²) in [5.74, 6) is 0.784. The molecule has 0 aliphatic carbocycles. The Kier molecular flexibility index (Phi) is 2.89. The van der Waals surface area contributed by atoms with Gasteiger partial charge in [-0.05, 0) is 25.8 Å². The molecule has 0 saturated carbocycles. The summed E-state index contributed by atoms with van der Waals surface area (Å²) in [7, 11) is 0. The summed E-state index contributed by atoms with van der Waals surface area (Å²) in [6.45, 7) is 3.42. The maximum Gasteiger partial charge on any atom is 0.0707 e. The Morgan fingerprint density at radius 1 is 1.25 bits per heavy atom. The topological polar surface area (TPSA) is 12.5 Å². The highest BCUT2D eigenvalue weighted by molar-refractivity contribution is 6.17. The summed E-state index contributed by atoms with van der Waals surface area (Å²) in [6, 6.07) is 0. The number of nitrogens with zero attached hydrogens (tertiary/aromatic N) is 1. The van der Waals surface area contributed by atoms with Crippen LogP contribution in [0.1, 0.15) is 19.3 Å². The van der Waals surface area contributed by atoms with Crippen LogP contribution in [-0.4, -0.2) is 42.6 Å². The van der Waals surface area contributed by atoms with Gasteiger partial charge in [0.2, 0.25) is 0 Å². The minimum Gasteiger partial charge on any atom is -0.372 e. The van der Waals surface area contributed by atoms with E-state index in [9.17, 15) is 0 Å². The normalized spacial score (nSPS) is 35.8. The first kappa shape index (κ1) is 8.79. The zero-order valence-electron chi connectivity index (χ0n) is 7.34. The lowest BCUT2D eigenvalue weighted by atomic mass is 10.2. The summed E-state index contributed by atoms with van der Waals surface area (Å²) in [4.78, 5) is 2.49. The van der Waals surface area contributed by atoms with Gasteiger partial charge in [-0.3, -0.25) is 4.90 Å². The molecule has 0 spiro atoms. The third-order valence-electron chi connectivity index (χ3n) is 2.73. The van der Waals surface area contributed by atoms with Gasteiger partial charge in [-0.2, -0.15) is 0 Å². The maximum atomic E-state index is 5.73. The van der Waals surface area contributed by atoms with Crippen LogP contribution < -0.4 is 0 Å². The molecule has 2 rings (SSSR count). The molecule has 2 atom stereocenters. The predicted molar refractivity (Wildman–Crippen MR) is 49.7 cm³/mol. The number of halogens is 1. The number of alkyl halides is 1. The number of ether oxygens (including phenoxy) is 1. The summed E-state index contributed by atoms with van der Waals surface area (Å²) < 4.78 is 5.73. The molecule has 70 valence electrons. The van der Waals surface area contributed by atoms with Crippen LogP contribution in [0.2, 0.25) is 0 Å². The van der Waals surface area contributed by atoms with Crippen LogP contribution in [0.15, 0.2) is 0 Å². The van der Waals surface area contributed by atoms with Gasteiger partial charge in [0.1, 0.15) is 0 Å². The van der Waals surface area contributed by atoms with Crippen molar-refractivity contribution < 1.29 is 4.74 Å². The highest BCUT2D eigenvalue weighted by Gasteiger charge is 2.32. The molecule has 0 amide bonds. The van der Waals surface area contributed by atoms with E-state index in [1.807, 2.05) is 0 Å². The Morgan fingerprint density at radius 2 is 1.92 bits per heavy atom. The minimum atomic E-state index is 0.527. The molecule has 2 saturated heterocycles. The van der Waals surface area contributed by atoms with Gasteiger partial charge in [0.15, 0.2) is 0 Å². The summed E-state index contributed by atoms with van der Waals surface area (Å²) in [5.41, 5.74) is 0. The van der Waals surface area contributed by atoms with Gasteiger partial charge < -0.3 is 4.74 Å². The van der Waals surface area contributed by atoms with Gasteiger partial charge in [0.25, 0.3) is 0 Å². The Morgan fingerprint density at radius 3 is 2.50 bits per heavy atom. The number of fused-ring (bicyclic) bond motifs is 2. The van der Waals surface area contributed by atoms with Crippen LogP contribution in [0, 0.1) is 0 Å². The zero-order valence-corrected chi connectivity index (χ0v) is 8.09. The number of hydrogen-bond donors (Lipinski definition) is 0. The number of rotatable bonds is 3. The predicted octanol–water partition coefficient (Wildman–Crippen LogP) is 1.48. The van der Waals surface area contributed by atoms with Gasteiger partial charge in [0, 0.05) is 19.0 Å². The Bertz CT molecular complexity index is 141. The zero-order chi connectivity index (χ0) is 8.39. The molecule has 0 aromatic rings. The maximum absolute atomic E-state index is 5.73. The molecule has 2 heterocycles. The molecule has 2 fully saturated rings. The van der Waals surface area contributed by atoms with E-state index in [1.54, 1.807) is 0 Å². The quantitative estimate of drug-likeness (QED) is 0.624. The average Bonchev–Trinajstić information content (AvgIpc) is 2.42. The number of hydrogen-bond acceptors (Lipinski definition) is 2. The van der Waals surface area contributed by atoms with Crippen molar-refractivity contribution in [2.24, 2.45) is 0 Å². The first-order valence-corrected chi connectivity index (χ1v) is 5.35. The second-order valence-electron chi connectivity index (χ2n) is 3.76. The van der Waals surface area contributed by atoms with E-state index in [1.165, 1.54) is 12.8 Å². The summed E-state index contributed by atoms with van der Waals surface area (Å²) in [5, 5.41) is 0. The van der Waals surface area contributed by atoms with E-state index in [0.717, 1.165) is 31.9 Å². The lowest BCUT2D eigenvalue weighted by Crippen LogP contribution is -2.42. The fourth-order valence-electron chi connectivity index (χ4n) is 2.17. The van der Waals surface area contributed by atoms with Gasteiger partial charge in [-0.15, -0.1) is 11.6 Å². The molecule has 0 aromatic heterocycles.